The summed E-state index contributed by atoms with van der Waals surface area (Å²) in [7, 11) is 0. The topological polar surface area (TPSA) is 37.3 Å². The summed E-state index contributed by atoms with van der Waals surface area (Å²) in [6, 6.07) is 1.77. The van der Waals surface area contributed by atoms with E-state index < -0.39 is 45.5 Å². The number of aliphatic carboxylic acids is 1. The molecule has 0 radical (unpaired) electrons. The lowest BCUT2D eigenvalue weighted by molar-refractivity contribution is -0.147. The molecule has 0 atom stereocenters. The third kappa shape index (κ3) is 4.31. The number of thioether (sulfide) groups is 1. The normalized spacial score (nSPS) is 13.3. The predicted molar refractivity (Wildman–Crippen MR) is 68.6 cm³/mol. The van der Waals surface area contributed by atoms with Gasteiger partial charge in [0, 0.05) is 10.6 Å². The Kier molecular flexibility index (Phi) is 5.11. The minimum Gasteiger partial charge on any atom is -0.481 e. The molecule has 0 amide bonds. The van der Waals surface area contributed by atoms with Crippen LogP contribution in [0.5, 0.6) is 0 Å². The van der Waals surface area contributed by atoms with Gasteiger partial charge < -0.3 is 5.11 Å². The first-order chi connectivity index (χ1) is 9.77. The predicted octanol–water partition coefficient (Wildman–Crippen LogP) is 4.93. The highest BCUT2D eigenvalue weighted by molar-refractivity contribution is 7.99. The highest BCUT2D eigenvalue weighted by Crippen LogP contribution is 2.45. The van der Waals surface area contributed by atoms with Crippen molar-refractivity contribution < 1.29 is 36.2 Å². The summed E-state index contributed by atoms with van der Waals surface area (Å²) < 4.78 is 77.4. The zero-order valence-corrected chi connectivity index (χ0v) is 12.3. The van der Waals surface area contributed by atoms with E-state index in [0.717, 1.165) is 0 Å². The largest absolute Gasteiger partial charge is 0.481 e. The lowest BCUT2D eigenvalue weighted by Gasteiger charge is -2.22. The van der Waals surface area contributed by atoms with Gasteiger partial charge in [0.15, 0.2) is 0 Å². The van der Waals surface area contributed by atoms with Gasteiger partial charge in [0.05, 0.1) is 16.5 Å². The molecular formula is C13H12F6O2S. The van der Waals surface area contributed by atoms with Crippen molar-refractivity contribution in [3.05, 3.63) is 29.3 Å². The van der Waals surface area contributed by atoms with Gasteiger partial charge in [-0.15, -0.1) is 11.8 Å². The van der Waals surface area contributed by atoms with Crippen molar-refractivity contribution in [2.45, 2.75) is 31.1 Å². The monoisotopic (exact) mass is 346 g/mol. The van der Waals surface area contributed by atoms with Crippen molar-refractivity contribution >= 4 is 17.7 Å². The number of alkyl halides is 6. The Morgan fingerprint density at radius 2 is 1.45 bits per heavy atom. The zero-order valence-electron chi connectivity index (χ0n) is 11.5. The van der Waals surface area contributed by atoms with E-state index in [1.807, 2.05) is 0 Å². The number of hydrogen-bond donors (Lipinski definition) is 1. The van der Waals surface area contributed by atoms with Crippen LogP contribution in [-0.2, 0) is 17.1 Å². The van der Waals surface area contributed by atoms with Crippen LogP contribution in [0.3, 0.4) is 0 Å². The third-order valence-corrected chi connectivity index (χ3v) is 4.38. The van der Waals surface area contributed by atoms with Crippen molar-refractivity contribution in [3.8, 4) is 0 Å². The van der Waals surface area contributed by atoms with Crippen molar-refractivity contribution in [1.29, 1.82) is 0 Å². The maximum atomic E-state index is 12.9. The molecule has 0 saturated carbocycles. The van der Waals surface area contributed by atoms with Gasteiger partial charge in [-0.3, -0.25) is 4.79 Å². The van der Waals surface area contributed by atoms with Gasteiger partial charge in [0.1, 0.15) is 0 Å². The summed E-state index contributed by atoms with van der Waals surface area (Å²) in [4.78, 5) is 9.95. The summed E-state index contributed by atoms with van der Waals surface area (Å²) in [5, 5.41) is 8.92. The zero-order chi connectivity index (χ0) is 17.3. The molecule has 1 aromatic carbocycles. The molecule has 124 valence electrons. The Morgan fingerprint density at radius 1 is 1.05 bits per heavy atom. The van der Waals surface area contributed by atoms with Crippen LogP contribution >= 0.6 is 11.8 Å². The number of rotatable bonds is 4. The maximum Gasteiger partial charge on any atom is 0.417 e. The van der Waals surface area contributed by atoms with Crippen molar-refractivity contribution in [1.82, 2.24) is 0 Å². The third-order valence-electron chi connectivity index (χ3n) is 2.78. The van der Waals surface area contributed by atoms with Gasteiger partial charge in [-0.1, -0.05) is 6.07 Å². The average Bonchev–Trinajstić information content (AvgIpc) is 2.33. The van der Waals surface area contributed by atoms with Gasteiger partial charge in [-0.05, 0) is 26.0 Å². The summed E-state index contributed by atoms with van der Waals surface area (Å²) in [6.07, 6.45) is -9.92. The van der Waals surface area contributed by atoms with Gasteiger partial charge in [-0.2, -0.15) is 26.3 Å². The molecule has 0 aromatic heterocycles. The van der Waals surface area contributed by atoms with Crippen LogP contribution < -0.4 is 0 Å². The number of benzene rings is 1. The Hall–Kier alpha value is -1.38. The van der Waals surface area contributed by atoms with E-state index in [4.69, 9.17) is 5.11 Å². The van der Waals surface area contributed by atoms with Crippen LogP contribution in [0, 0.1) is 5.41 Å². The first-order valence-electron chi connectivity index (χ1n) is 5.90. The molecule has 0 bridgehead atoms. The molecule has 0 saturated heterocycles. The van der Waals surface area contributed by atoms with E-state index in [2.05, 4.69) is 0 Å². The summed E-state index contributed by atoms with van der Waals surface area (Å²) in [5.74, 6) is -1.74. The first kappa shape index (κ1) is 18.7. The SMILES string of the molecule is CC(C)(CSc1c(C(F)(F)F)cccc1C(F)(F)F)C(=O)O. The maximum absolute atomic E-state index is 12.9. The quantitative estimate of drug-likeness (QED) is 0.621. The van der Waals surface area contributed by atoms with Gasteiger partial charge in [-0.25, -0.2) is 0 Å². The number of hydrogen-bond acceptors (Lipinski definition) is 2. The molecular weight excluding hydrogens is 334 g/mol. The van der Waals surface area contributed by atoms with E-state index in [0.29, 0.717) is 18.2 Å². The fourth-order valence-electron chi connectivity index (χ4n) is 1.45. The summed E-state index contributed by atoms with van der Waals surface area (Å²) >= 11 is 0.242. The van der Waals surface area contributed by atoms with Crippen LogP contribution in [0.2, 0.25) is 0 Å². The van der Waals surface area contributed by atoms with Crippen molar-refractivity contribution in [2.75, 3.05) is 5.75 Å². The first-order valence-corrected chi connectivity index (χ1v) is 6.89. The average molecular weight is 346 g/mol. The van der Waals surface area contributed by atoms with Crippen LogP contribution in [-0.4, -0.2) is 16.8 Å². The van der Waals surface area contributed by atoms with Gasteiger partial charge in [0.25, 0.3) is 0 Å². The Bertz CT molecular complexity index is 530. The lowest BCUT2D eigenvalue weighted by Crippen LogP contribution is -2.26. The standard InChI is InChI=1S/C13H12F6O2S/c1-11(2,10(20)21)6-22-9-7(12(14,15)16)4-3-5-8(9)13(17,18)19/h3-5H,6H2,1-2H3,(H,20,21). The number of carboxylic acids is 1. The molecule has 1 rings (SSSR count). The molecule has 2 nitrogen and oxygen atoms in total. The fraction of sp³-hybridized carbons (Fsp3) is 0.462. The van der Waals surface area contributed by atoms with E-state index in [1.165, 1.54) is 13.8 Å². The fourth-order valence-corrected chi connectivity index (χ4v) is 2.76. The van der Waals surface area contributed by atoms with Gasteiger partial charge in [0.2, 0.25) is 0 Å². The second-order valence-corrected chi connectivity index (χ2v) is 6.14. The van der Waals surface area contributed by atoms with Crippen LogP contribution in [0.1, 0.15) is 25.0 Å². The molecule has 0 heterocycles. The molecule has 0 aliphatic rings. The van der Waals surface area contributed by atoms with E-state index in [1.54, 1.807) is 0 Å². The Balaban J connectivity index is 3.33. The minimum absolute atomic E-state index is 0.242. The lowest BCUT2D eigenvalue weighted by atomic mass is 9.97. The van der Waals surface area contributed by atoms with Crippen LogP contribution in [0.4, 0.5) is 26.3 Å². The van der Waals surface area contributed by atoms with Crippen molar-refractivity contribution in [3.63, 3.8) is 0 Å². The molecule has 0 unspecified atom stereocenters. The van der Waals surface area contributed by atoms with E-state index in [9.17, 15) is 31.1 Å². The highest BCUT2D eigenvalue weighted by atomic mass is 32.2. The number of carbonyl (C=O) groups is 1. The minimum atomic E-state index is -4.96. The van der Waals surface area contributed by atoms with Crippen molar-refractivity contribution in [2.24, 2.45) is 5.41 Å². The molecule has 0 spiro atoms. The summed E-state index contributed by atoms with van der Waals surface area (Å²) in [5.41, 5.74) is -4.31. The molecule has 1 aromatic rings. The Labute approximate surface area is 126 Å². The molecule has 9 heteroatoms. The number of halogens is 6. The molecule has 0 aliphatic heterocycles. The van der Waals surface area contributed by atoms with E-state index in [-0.39, 0.29) is 11.8 Å². The second-order valence-electron chi connectivity index (χ2n) is 5.16. The smallest absolute Gasteiger partial charge is 0.417 e. The Morgan fingerprint density at radius 3 is 1.77 bits per heavy atom. The van der Waals surface area contributed by atoms with Gasteiger partial charge >= 0.3 is 18.3 Å². The number of carboxylic acid groups (broad SMARTS) is 1. The highest BCUT2D eigenvalue weighted by Gasteiger charge is 2.41. The second kappa shape index (κ2) is 6.02. The molecule has 1 N–H and O–H groups in total. The molecule has 0 aliphatic carbocycles. The van der Waals surface area contributed by atoms with Crippen LogP contribution in [0.25, 0.3) is 0 Å². The van der Waals surface area contributed by atoms with Crippen LogP contribution in [0.15, 0.2) is 23.1 Å². The molecule has 0 fully saturated rings. The summed E-state index contributed by atoms with van der Waals surface area (Å²) in [6.45, 7) is 2.46. The van der Waals surface area contributed by atoms with E-state index >= 15 is 0 Å². The molecule has 22 heavy (non-hydrogen) atoms.